The van der Waals surface area contributed by atoms with Crippen LogP contribution in [0, 0.1) is 0 Å². The van der Waals surface area contributed by atoms with E-state index in [1.54, 1.807) is 11.3 Å². The van der Waals surface area contributed by atoms with Crippen LogP contribution in [0.5, 0.6) is 0 Å². The molecule has 0 atom stereocenters. The molecule has 0 bridgehead atoms. The fraction of sp³-hybridized carbons (Fsp3) is 0.375. The number of nitrogens with zero attached hydrogens (tertiary/aromatic N) is 1. The molecule has 0 fully saturated rings. The Morgan fingerprint density at radius 2 is 1.75 bits per heavy atom. The van der Waals surface area contributed by atoms with Crippen molar-refractivity contribution in [1.29, 1.82) is 0 Å². The fourth-order valence-corrected chi connectivity index (χ4v) is 3.32. The molecule has 20 heavy (non-hydrogen) atoms. The summed E-state index contributed by atoms with van der Waals surface area (Å²) < 4.78 is 0.863. The van der Waals surface area contributed by atoms with Gasteiger partial charge in [-0.15, -0.1) is 11.3 Å². The summed E-state index contributed by atoms with van der Waals surface area (Å²) in [5.41, 5.74) is 2.74. The molecule has 0 amide bonds. The zero-order valence-corrected chi connectivity index (χ0v) is 13.6. The predicted molar refractivity (Wildman–Crippen MR) is 88.6 cm³/mol. The molecule has 1 N–H and O–H groups in total. The topological polar surface area (TPSA) is 15.3 Å². The monoisotopic (exact) mass is 308 g/mol. The van der Waals surface area contributed by atoms with Crippen molar-refractivity contribution in [1.82, 2.24) is 10.2 Å². The summed E-state index contributed by atoms with van der Waals surface area (Å²) in [6.07, 6.45) is 1.08. The van der Waals surface area contributed by atoms with Crippen molar-refractivity contribution in [3.8, 4) is 0 Å². The second kappa shape index (κ2) is 7.79. The van der Waals surface area contributed by atoms with Crippen molar-refractivity contribution in [2.24, 2.45) is 0 Å². The molecule has 108 valence electrons. The lowest BCUT2D eigenvalue weighted by molar-refractivity contribution is 0.322. The maximum absolute atomic E-state index is 5.96. The van der Waals surface area contributed by atoms with E-state index in [9.17, 15) is 0 Å². The van der Waals surface area contributed by atoms with Crippen LogP contribution in [0.4, 0.5) is 0 Å². The molecule has 0 aliphatic rings. The van der Waals surface area contributed by atoms with E-state index in [2.05, 4.69) is 47.6 Å². The first-order chi connectivity index (χ1) is 9.67. The lowest BCUT2D eigenvalue weighted by atomic mass is 10.1. The Hall–Kier alpha value is -0.870. The molecule has 0 aliphatic carbocycles. The molecule has 4 heteroatoms. The van der Waals surface area contributed by atoms with Gasteiger partial charge in [0.25, 0.3) is 0 Å². The highest BCUT2D eigenvalue weighted by Gasteiger charge is 2.04. The number of hydrogen-bond acceptors (Lipinski definition) is 3. The Bertz CT molecular complexity index is 522. The molecule has 0 radical (unpaired) electrons. The van der Waals surface area contributed by atoms with Crippen molar-refractivity contribution in [2.45, 2.75) is 19.5 Å². The average Bonchev–Trinajstić information content (AvgIpc) is 2.83. The largest absolute Gasteiger partial charge is 0.319 e. The first kappa shape index (κ1) is 15.5. The lowest BCUT2D eigenvalue weighted by Gasteiger charge is -2.16. The van der Waals surface area contributed by atoms with Crippen molar-refractivity contribution in [3.63, 3.8) is 0 Å². The summed E-state index contributed by atoms with van der Waals surface area (Å²) in [7, 11) is 4.13. The van der Waals surface area contributed by atoms with E-state index in [0.29, 0.717) is 0 Å². The van der Waals surface area contributed by atoms with Crippen LogP contribution in [-0.2, 0) is 19.5 Å². The SMILES string of the molecule is CNCCc1ccc(CN(C)Cc2ccc(Cl)s2)cc1. The first-order valence-corrected chi connectivity index (χ1v) is 8.02. The van der Waals surface area contributed by atoms with Gasteiger partial charge in [0.1, 0.15) is 0 Å². The maximum Gasteiger partial charge on any atom is 0.0931 e. The molecule has 0 aliphatic heterocycles. The summed E-state index contributed by atoms with van der Waals surface area (Å²) in [5, 5.41) is 3.17. The van der Waals surface area contributed by atoms with Gasteiger partial charge in [0, 0.05) is 18.0 Å². The number of rotatable bonds is 7. The van der Waals surface area contributed by atoms with Crippen LogP contribution < -0.4 is 5.32 Å². The summed E-state index contributed by atoms with van der Waals surface area (Å²) >= 11 is 7.61. The van der Waals surface area contributed by atoms with Crippen LogP contribution in [0.2, 0.25) is 4.34 Å². The van der Waals surface area contributed by atoms with Gasteiger partial charge in [0.15, 0.2) is 0 Å². The van der Waals surface area contributed by atoms with Gasteiger partial charge in [-0.3, -0.25) is 4.90 Å². The first-order valence-electron chi connectivity index (χ1n) is 6.82. The van der Waals surface area contributed by atoms with Crippen LogP contribution in [0.1, 0.15) is 16.0 Å². The zero-order chi connectivity index (χ0) is 14.4. The van der Waals surface area contributed by atoms with Crippen LogP contribution in [0.25, 0.3) is 0 Å². The van der Waals surface area contributed by atoms with E-state index < -0.39 is 0 Å². The summed E-state index contributed by atoms with van der Waals surface area (Å²) in [6.45, 7) is 2.93. The van der Waals surface area contributed by atoms with E-state index in [1.165, 1.54) is 16.0 Å². The normalized spacial score (nSPS) is 11.2. The summed E-state index contributed by atoms with van der Waals surface area (Å²) in [5.74, 6) is 0. The Labute approximate surface area is 130 Å². The quantitative estimate of drug-likeness (QED) is 0.837. The van der Waals surface area contributed by atoms with E-state index in [4.69, 9.17) is 11.6 Å². The van der Waals surface area contributed by atoms with Gasteiger partial charge < -0.3 is 5.32 Å². The van der Waals surface area contributed by atoms with Gasteiger partial charge in [-0.1, -0.05) is 35.9 Å². The molecule has 2 rings (SSSR count). The third-order valence-electron chi connectivity index (χ3n) is 3.19. The third kappa shape index (κ3) is 4.91. The number of thiophene rings is 1. The number of halogens is 1. The number of likely N-dealkylation sites (N-methyl/N-ethyl adjacent to an activating group) is 1. The molecule has 0 unspecified atom stereocenters. The van der Waals surface area contributed by atoms with Gasteiger partial charge in [0.05, 0.1) is 4.34 Å². The van der Waals surface area contributed by atoms with Gasteiger partial charge >= 0.3 is 0 Å². The lowest BCUT2D eigenvalue weighted by Crippen LogP contribution is -2.16. The molecule has 0 saturated heterocycles. The van der Waals surface area contributed by atoms with Gasteiger partial charge in [-0.05, 0) is 50.3 Å². The minimum absolute atomic E-state index is 0.863. The predicted octanol–water partition coefficient (Wildman–Crippen LogP) is 3.80. The second-order valence-corrected chi connectivity index (χ2v) is 6.85. The van der Waals surface area contributed by atoms with Crippen molar-refractivity contribution < 1.29 is 0 Å². The fourth-order valence-electron chi connectivity index (χ4n) is 2.15. The van der Waals surface area contributed by atoms with E-state index in [0.717, 1.165) is 30.4 Å². The zero-order valence-electron chi connectivity index (χ0n) is 12.0. The van der Waals surface area contributed by atoms with Crippen LogP contribution >= 0.6 is 22.9 Å². The van der Waals surface area contributed by atoms with E-state index in [-0.39, 0.29) is 0 Å². The molecule has 1 aromatic heterocycles. The second-order valence-electron chi connectivity index (χ2n) is 5.05. The molecule has 0 spiro atoms. The maximum atomic E-state index is 5.96. The molecule has 1 heterocycles. The van der Waals surface area contributed by atoms with Gasteiger partial charge in [-0.2, -0.15) is 0 Å². The summed E-state index contributed by atoms with van der Waals surface area (Å²) in [6, 6.07) is 13.0. The number of nitrogens with one attached hydrogen (secondary N) is 1. The Morgan fingerprint density at radius 1 is 1.05 bits per heavy atom. The highest BCUT2D eigenvalue weighted by molar-refractivity contribution is 7.16. The van der Waals surface area contributed by atoms with E-state index >= 15 is 0 Å². The average molecular weight is 309 g/mol. The van der Waals surface area contributed by atoms with Crippen molar-refractivity contribution in [3.05, 3.63) is 56.7 Å². The molecule has 2 aromatic rings. The molecular weight excluding hydrogens is 288 g/mol. The van der Waals surface area contributed by atoms with Crippen LogP contribution in [0.3, 0.4) is 0 Å². The minimum Gasteiger partial charge on any atom is -0.319 e. The van der Waals surface area contributed by atoms with Crippen molar-refractivity contribution >= 4 is 22.9 Å². The number of benzene rings is 1. The Balaban J connectivity index is 1.85. The molecule has 2 nitrogen and oxygen atoms in total. The Kier molecular flexibility index (Phi) is 6.05. The highest BCUT2D eigenvalue weighted by atomic mass is 35.5. The highest BCUT2D eigenvalue weighted by Crippen LogP contribution is 2.22. The van der Waals surface area contributed by atoms with Gasteiger partial charge in [0.2, 0.25) is 0 Å². The molecule has 0 saturated carbocycles. The third-order valence-corrected chi connectivity index (χ3v) is 4.41. The van der Waals surface area contributed by atoms with Gasteiger partial charge in [-0.25, -0.2) is 0 Å². The smallest absolute Gasteiger partial charge is 0.0931 e. The molecule has 1 aromatic carbocycles. The van der Waals surface area contributed by atoms with E-state index in [1.807, 2.05) is 13.1 Å². The number of hydrogen-bond donors (Lipinski definition) is 1. The minimum atomic E-state index is 0.863. The molecular formula is C16H21ClN2S. The van der Waals surface area contributed by atoms with Crippen LogP contribution in [0.15, 0.2) is 36.4 Å². The van der Waals surface area contributed by atoms with Crippen LogP contribution in [-0.4, -0.2) is 25.5 Å². The summed E-state index contributed by atoms with van der Waals surface area (Å²) in [4.78, 5) is 3.62. The Morgan fingerprint density at radius 3 is 2.35 bits per heavy atom. The standard InChI is InChI=1S/C16H21ClN2S/c1-18-10-9-13-3-5-14(6-4-13)11-19(2)12-15-7-8-16(17)20-15/h3-8,18H,9-12H2,1-2H3. The van der Waals surface area contributed by atoms with Crippen molar-refractivity contribution in [2.75, 3.05) is 20.6 Å².